The summed E-state index contributed by atoms with van der Waals surface area (Å²) in [6.07, 6.45) is 2.28. The van der Waals surface area contributed by atoms with Crippen molar-refractivity contribution in [1.29, 1.82) is 0 Å². The number of benzene rings is 1. The Balaban J connectivity index is 1.52. The number of aryl methyl sites for hydroxylation is 1. The Hall–Kier alpha value is -2.41. The standard InChI is InChI=1S/C19H27N5O2/c1-13-21-16-6-4-14(12-17(16)22-13)19(26)20-9-8-15-5-7-18(25)24(15)11-10-23(2)3/h4,6,12,15H,5,7-11H2,1-3H3,(H,20,26)(H,21,22)/t15-/m1/s1. The van der Waals surface area contributed by atoms with Gasteiger partial charge in [0.25, 0.3) is 5.91 Å². The second kappa shape index (κ2) is 7.86. The van der Waals surface area contributed by atoms with E-state index in [1.54, 1.807) is 6.07 Å². The van der Waals surface area contributed by atoms with E-state index in [9.17, 15) is 9.59 Å². The fourth-order valence-corrected chi connectivity index (χ4v) is 3.44. The molecule has 2 heterocycles. The van der Waals surface area contributed by atoms with Crippen LogP contribution >= 0.6 is 0 Å². The van der Waals surface area contributed by atoms with Gasteiger partial charge in [0.15, 0.2) is 0 Å². The zero-order valence-corrected chi connectivity index (χ0v) is 15.7. The van der Waals surface area contributed by atoms with Crippen LogP contribution in [0.25, 0.3) is 11.0 Å². The number of nitrogens with one attached hydrogen (secondary N) is 2. The highest BCUT2D eigenvalue weighted by Crippen LogP contribution is 2.21. The zero-order chi connectivity index (χ0) is 18.7. The van der Waals surface area contributed by atoms with Crippen LogP contribution in [0.3, 0.4) is 0 Å². The van der Waals surface area contributed by atoms with Crippen molar-refractivity contribution in [2.75, 3.05) is 33.7 Å². The highest BCUT2D eigenvalue weighted by atomic mass is 16.2. The highest BCUT2D eigenvalue weighted by molar-refractivity contribution is 5.97. The van der Waals surface area contributed by atoms with Crippen molar-refractivity contribution in [3.8, 4) is 0 Å². The SMILES string of the molecule is Cc1nc2ccc(C(=O)NCC[C@H]3CCC(=O)N3CCN(C)C)cc2[nH]1. The first kappa shape index (κ1) is 18.4. The van der Waals surface area contributed by atoms with Gasteiger partial charge in [0.2, 0.25) is 5.91 Å². The van der Waals surface area contributed by atoms with E-state index in [1.165, 1.54) is 0 Å². The van der Waals surface area contributed by atoms with E-state index in [0.717, 1.165) is 42.8 Å². The van der Waals surface area contributed by atoms with Gasteiger partial charge in [0.1, 0.15) is 5.82 Å². The first-order chi connectivity index (χ1) is 12.4. The van der Waals surface area contributed by atoms with Crippen molar-refractivity contribution in [3.05, 3.63) is 29.6 Å². The molecule has 3 rings (SSSR count). The Morgan fingerprint density at radius 2 is 2.23 bits per heavy atom. The van der Waals surface area contributed by atoms with Crippen LogP contribution in [0.5, 0.6) is 0 Å². The number of carbonyl (C=O) groups is 2. The summed E-state index contributed by atoms with van der Waals surface area (Å²) in [4.78, 5) is 36.0. The molecule has 2 amide bonds. The fourth-order valence-electron chi connectivity index (χ4n) is 3.44. The molecule has 2 N–H and O–H groups in total. The number of rotatable bonds is 7. The van der Waals surface area contributed by atoms with Crippen molar-refractivity contribution in [1.82, 2.24) is 25.1 Å². The van der Waals surface area contributed by atoms with E-state index in [4.69, 9.17) is 0 Å². The number of likely N-dealkylation sites (tertiary alicyclic amines) is 1. The van der Waals surface area contributed by atoms with E-state index in [1.807, 2.05) is 38.1 Å². The van der Waals surface area contributed by atoms with Gasteiger partial charge in [0.05, 0.1) is 11.0 Å². The Labute approximate surface area is 153 Å². The molecule has 1 saturated heterocycles. The molecular weight excluding hydrogens is 330 g/mol. The lowest BCUT2D eigenvalue weighted by Crippen LogP contribution is -2.40. The second-order valence-electron chi connectivity index (χ2n) is 7.18. The second-order valence-corrected chi connectivity index (χ2v) is 7.18. The monoisotopic (exact) mass is 357 g/mol. The molecule has 1 aromatic heterocycles. The number of nitrogens with zero attached hydrogens (tertiary/aromatic N) is 3. The van der Waals surface area contributed by atoms with Crippen molar-refractivity contribution in [3.63, 3.8) is 0 Å². The minimum absolute atomic E-state index is 0.0941. The number of H-pyrrole nitrogens is 1. The van der Waals surface area contributed by atoms with Crippen molar-refractivity contribution >= 4 is 22.8 Å². The lowest BCUT2D eigenvalue weighted by Gasteiger charge is -2.26. The van der Waals surface area contributed by atoms with Crippen molar-refractivity contribution in [2.24, 2.45) is 0 Å². The Morgan fingerprint density at radius 3 is 3.00 bits per heavy atom. The van der Waals surface area contributed by atoms with Gasteiger partial charge in [-0.05, 0) is 52.1 Å². The first-order valence-electron chi connectivity index (χ1n) is 9.13. The summed E-state index contributed by atoms with van der Waals surface area (Å²) in [7, 11) is 4.02. The van der Waals surface area contributed by atoms with E-state index in [0.29, 0.717) is 18.5 Å². The van der Waals surface area contributed by atoms with Crippen LogP contribution in [0.4, 0.5) is 0 Å². The molecule has 1 fully saturated rings. The molecule has 2 aromatic rings. The molecule has 0 aliphatic carbocycles. The Morgan fingerprint density at radius 1 is 1.42 bits per heavy atom. The number of imidazole rings is 1. The smallest absolute Gasteiger partial charge is 0.251 e. The number of aromatic nitrogens is 2. The van der Waals surface area contributed by atoms with Gasteiger partial charge in [0, 0.05) is 37.7 Å². The van der Waals surface area contributed by atoms with Gasteiger partial charge < -0.3 is 20.1 Å². The summed E-state index contributed by atoms with van der Waals surface area (Å²) in [6.45, 7) is 4.07. The Bertz CT molecular complexity index is 798. The molecule has 0 spiro atoms. The maximum Gasteiger partial charge on any atom is 0.251 e. The average molecular weight is 357 g/mol. The van der Waals surface area contributed by atoms with Gasteiger partial charge in [-0.25, -0.2) is 4.98 Å². The largest absolute Gasteiger partial charge is 0.352 e. The van der Waals surface area contributed by atoms with Crippen molar-refractivity contribution < 1.29 is 9.59 Å². The number of hydrogen-bond donors (Lipinski definition) is 2. The number of likely N-dealkylation sites (N-methyl/N-ethyl adjacent to an activating group) is 1. The number of carbonyl (C=O) groups excluding carboxylic acids is 2. The number of aromatic amines is 1. The van der Waals surface area contributed by atoms with E-state index in [2.05, 4.69) is 20.2 Å². The minimum Gasteiger partial charge on any atom is -0.352 e. The summed E-state index contributed by atoms with van der Waals surface area (Å²) >= 11 is 0. The highest BCUT2D eigenvalue weighted by Gasteiger charge is 2.30. The van der Waals surface area contributed by atoms with Crippen LogP contribution < -0.4 is 5.32 Å². The predicted molar refractivity (Wildman–Crippen MR) is 101 cm³/mol. The molecule has 1 aliphatic heterocycles. The maximum atomic E-state index is 12.4. The third-order valence-corrected chi connectivity index (χ3v) is 4.87. The summed E-state index contributed by atoms with van der Waals surface area (Å²) < 4.78 is 0. The lowest BCUT2D eigenvalue weighted by molar-refractivity contribution is -0.129. The van der Waals surface area contributed by atoms with Gasteiger partial charge in [-0.1, -0.05) is 0 Å². The van der Waals surface area contributed by atoms with Crippen LogP contribution in [0.2, 0.25) is 0 Å². The minimum atomic E-state index is -0.0941. The molecule has 0 saturated carbocycles. The van der Waals surface area contributed by atoms with E-state index < -0.39 is 0 Å². The first-order valence-corrected chi connectivity index (χ1v) is 9.13. The molecule has 0 radical (unpaired) electrons. The maximum absolute atomic E-state index is 12.4. The predicted octanol–water partition coefficient (Wildman–Crippen LogP) is 1.54. The summed E-state index contributed by atoms with van der Waals surface area (Å²) in [5.74, 6) is 0.966. The molecule has 1 atom stereocenters. The van der Waals surface area contributed by atoms with Gasteiger partial charge in [-0.15, -0.1) is 0 Å². The molecule has 0 bridgehead atoms. The summed E-state index contributed by atoms with van der Waals surface area (Å²) in [5.41, 5.74) is 2.35. The fraction of sp³-hybridized carbons (Fsp3) is 0.526. The topological polar surface area (TPSA) is 81.3 Å². The molecule has 1 aliphatic rings. The van der Waals surface area contributed by atoms with Crippen LogP contribution in [0, 0.1) is 6.92 Å². The third kappa shape index (κ3) is 4.22. The van der Waals surface area contributed by atoms with Gasteiger partial charge >= 0.3 is 0 Å². The zero-order valence-electron chi connectivity index (χ0n) is 15.7. The lowest BCUT2D eigenvalue weighted by atomic mass is 10.1. The molecule has 0 unspecified atom stereocenters. The van der Waals surface area contributed by atoms with E-state index in [-0.39, 0.29) is 17.9 Å². The summed E-state index contributed by atoms with van der Waals surface area (Å²) in [5, 5.41) is 2.98. The normalized spacial score (nSPS) is 17.5. The number of amides is 2. The molecule has 26 heavy (non-hydrogen) atoms. The number of fused-ring (bicyclic) bond motifs is 1. The van der Waals surface area contributed by atoms with Crippen molar-refractivity contribution in [2.45, 2.75) is 32.2 Å². The van der Waals surface area contributed by atoms with Gasteiger partial charge in [-0.2, -0.15) is 0 Å². The molecule has 140 valence electrons. The van der Waals surface area contributed by atoms with Gasteiger partial charge in [-0.3, -0.25) is 9.59 Å². The van der Waals surface area contributed by atoms with Crippen LogP contribution in [-0.4, -0.2) is 71.4 Å². The van der Waals surface area contributed by atoms with E-state index >= 15 is 0 Å². The third-order valence-electron chi connectivity index (χ3n) is 4.87. The molecular formula is C19H27N5O2. The molecule has 7 nitrogen and oxygen atoms in total. The van der Waals surface area contributed by atoms with Crippen LogP contribution in [0.15, 0.2) is 18.2 Å². The van der Waals surface area contributed by atoms with Crippen LogP contribution in [0.1, 0.15) is 35.4 Å². The molecule has 1 aromatic carbocycles. The van der Waals surface area contributed by atoms with Crippen LogP contribution in [-0.2, 0) is 4.79 Å². The molecule has 7 heteroatoms. The average Bonchev–Trinajstić information content (AvgIpc) is 3.13. The summed E-state index contributed by atoms with van der Waals surface area (Å²) in [6, 6.07) is 5.69. The Kier molecular flexibility index (Phi) is 5.56. The number of hydrogen-bond acceptors (Lipinski definition) is 4. The quantitative estimate of drug-likeness (QED) is 0.788.